The zero-order valence-corrected chi connectivity index (χ0v) is 14.2. The van der Waals surface area contributed by atoms with Gasteiger partial charge in [-0.05, 0) is 44.2 Å². The fourth-order valence-corrected chi connectivity index (χ4v) is 2.45. The maximum Gasteiger partial charge on any atom is 0.123 e. The van der Waals surface area contributed by atoms with Crippen LogP contribution in [-0.4, -0.2) is 12.7 Å². The van der Waals surface area contributed by atoms with E-state index < -0.39 is 0 Å². The smallest absolute Gasteiger partial charge is 0.123 e. The Morgan fingerprint density at radius 3 is 2.45 bits per heavy atom. The largest absolute Gasteiger partial charge is 0.378 e. The van der Waals surface area contributed by atoms with E-state index in [0.29, 0.717) is 18.6 Å². The van der Waals surface area contributed by atoms with Gasteiger partial charge >= 0.3 is 0 Å². The van der Waals surface area contributed by atoms with Crippen molar-refractivity contribution < 1.29 is 9.13 Å². The predicted molar refractivity (Wildman–Crippen MR) is 93.6 cm³/mol. The zero-order valence-electron chi connectivity index (χ0n) is 14.2. The van der Waals surface area contributed by atoms with Gasteiger partial charge in [-0.15, -0.1) is 0 Å². The highest BCUT2D eigenvalue weighted by molar-refractivity contribution is 5.76. The minimum atomic E-state index is -0.387. The van der Waals surface area contributed by atoms with Crippen LogP contribution in [0.25, 0.3) is 5.57 Å². The average Bonchev–Trinajstić information content (AvgIpc) is 2.49. The summed E-state index contributed by atoms with van der Waals surface area (Å²) in [5.41, 5.74) is 2.77. The highest BCUT2D eigenvalue weighted by Gasteiger charge is 2.07. The maximum absolute atomic E-state index is 13.7. The molecule has 0 fully saturated rings. The third kappa shape index (κ3) is 6.57. The van der Waals surface area contributed by atoms with E-state index in [1.165, 1.54) is 24.8 Å². The van der Waals surface area contributed by atoms with E-state index in [0.717, 1.165) is 12.0 Å². The fourth-order valence-electron chi connectivity index (χ4n) is 2.45. The van der Waals surface area contributed by atoms with E-state index in [9.17, 15) is 4.39 Å². The molecule has 0 saturated carbocycles. The Morgan fingerprint density at radius 2 is 1.91 bits per heavy atom. The summed E-state index contributed by atoms with van der Waals surface area (Å²) in [6.45, 7) is 10.3. The molecular weight excluding hydrogens is 275 g/mol. The summed E-state index contributed by atoms with van der Waals surface area (Å²) >= 11 is 0. The quantitative estimate of drug-likeness (QED) is 0.375. The van der Waals surface area contributed by atoms with Crippen LogP contribution in [0.15, 0.2) is 42.7 Å². The van der Waals surface area contributed by atoms with Crippen molar-refractivity contribution in [3.05, 3.63) is 53.9 Å². The molecule has 0 radical (unpaired) electrons. The van der Waals surface area contributed by atoms with E-state index in [1.54, 1.807) is 0 Å². The molecule has 0 N–H and O–H groups in total. The van der Waals surface area contributed by atoms with Crippen molar-refractivity contribution in [2.24, 2.45) is 0 Å². The van der Waals surface area contributed by atoms with Gasteiger partial charge in [0.25, 0.3) is 0 Å². The number of benzene rings is 1. The van der Waals surface area contributed by atoms with Crippen LogP contribution in [0.4, 0.5) is 4.39 Å². The molecule has 122 valence electrons. The molecule has 0 amide bonds. The fraction of sp³-hybridized carbons (Fsp3) is 0.500. The van der Waals surface area contributed by atoms with Crippen LogP contribution in [0.5, 0.6) is 0 Å². The lowest BCUT2D eigenvalue weighted by molar-refractivity contribution is 0.0788. The molecule has 0 aromatic heterocycles. The number of hydrogen-bond acceptors (Lipinski definition) is 1. The Labute approximate surface area is 134 Å². The lowest BCUT2D eigenvalue weighted by atomic mass is 9.99. The normalized spacial score (nSPS) is 13.2. The van der Waals surface area contributed by atoms with Gasteiger partial charge in [-0.2, -0.15) is 0 Å². The number of rotatable bonds is 10. The van der Waals surface area contributed by atoms with Crippen molar-refractivity contribution in [2.75, 3.05) is 6.61 Å². The van der Waals surface area contributed by atoms with Gasteiger partial charge in [0, 0.05) is 12.2 Å². The number of allylic oxidation sites excluding steroid dienone is 2. The van der Waals surface area contributed by atoms with Gasteiger partial charge in [0.15, 0.2) is 0 Å². The Balaban J connectivity index is 2.75. The summed E-state index contributed by atoms with van der Waals surface area (Å²) in [4.78, 5) is 0. The third-order valence-corrected chi connectivity index (χ3v) is 3.73. The SMILES string of the molecule is C=C(F)/C(=C\CC(C)OCC)c1ccc(CCCCC)cc1. The predicted octanol–water partition coefficient (Wildman–Crippen LogP) is 6.10. The second kappa shape index (κ2) is 10.3. The van der Waals surface area contributed by atoms with Crippen LogP contribution in [-0.2, 0) is 11.2 Å². The van der Waals surface area contributed by atoms with Crippen molar-refractivity contribution in [2.45, 2.75) is 59.0 Å². The summed E-state index contributed by atoms with van der Waals surface area (Å²) < 4.78 is 19.2. The third-order valence-electron chi connectivity index (χ3n) is 3.73. The van der Waals surface area contributed by atoms with E-state index in [1.807, 2.05) is 32.1 Å². The molecule has 1 rings (SSSR count). The van der Waals surface area contributed by atoms with Crippen molar-refractivity contribution >= 4 is 5.57 Å². The first-order valence-corrected chi connectivity index (χ1v) is 8.34. The van der Waals surface area contributed by atoms with Crippen molar-refractivity contribution in [3.63, 3.8) is 0 Å². The van der Waals surface area contributed by atoms with Crippen LogP contribution >= 0.6 is 0 Å². The first kappa shape index (κ1) is 18.6. The minimum Gasteiger partial charge on any atom is -0.378 e. The number of unbranched alkanes of at least 4 members (excludes halogenated alkanes) is 2. The molecular formula is C20H29FO. The van der Waals surface area contributed by atoms with Crippen molar-refractivity contribution in [3.8, 4) is 0 Å². The number of hydrogen-bond donors (Lipinski definition) is 0. The maximum atomic E-state index is 13.7. The van der Waals surface area contributed by atoms with E-state index in [2.05, 4.69) is 25.6 Å². The van der Waals surface area contributed by atoms with E-state index in [-0.39, 0.29) is 11.9 Å². The molecule has 0 spiro atoms. The number of aryl methyl sites for hydroxylation is 1. The second-order valence-electron chi connectivity index (χ2n) is 5.68. The van der Waals surface area contributed by atoms with E-state index in [4.69, 9.17) is 4.74 Å². The van der Waals surface area contributed by atoms with Gasteiger partial charge < -0.3 is 4.74 Å². The van der Waals surface area contributed by atoms with Gasteiger partial charge in [0.05, 0.1) is 6.10 Å². The monoisotopic (exact) mass is 304 g/mol. The molecule has 1 aromatic carbocycles. The number of halogens is 1. The molecule has 2 heteroatoms. The molecule has 1 atom stereocenters. The lowest BCUT2D eigenvalue weighted by Crippen LogP contribution is -2.06. The Hall–Kier alpha value is -1.41. The van der Waals surface area contributed by atoms with Crippen LogP contribution in [0.2, 0.25) is 0 Å². The molecule has 0 aliphatic carbocycles. The van der Waals surface area contributed by atoms with Crippen LogP contribution in [0.3, 0.4) is 0 Å². The number of ether oxygens (including phenoxy) is 1. The summed E-state index contributed by atoms with van der Waals surface area (Å²) in [7, 11) is 0. The molecule has 1 aromatic rings. The Morgan fingerprint density at radius 1 is 1.23 bits per heavy atom. The van der Waals surface area contributed by atoms with Crippen LogP contribution in [0.1, 0.15) is 57.6 Å². The standard InChI is InChI=1S/C20H29FO/c1-5-7-8-9-18-11-13-19(14-12-18)20(17(4)21)15-10-16(3)22-6-2/h11-16H,4-10H2,1-3H3/b20-15+. The molecule has 1 unspecified atom stereocenters. The molecule has 0 heterocycles. The zero-order chi connectivity index (χ0) is 16.4. The van der Waals surface area contributed by atoms with Crippen LogP contribution < -0.4 is 0 Å². The molecule has 0 aliphatic heterocycles. The van der Waals surface area contributed by atoms with Gasteiger partial charge in [-0.3, -0.25) is 0 Å². The Kier molecular flexibility index (Phi) is 8.76. The molecule has 0 aliphatic rings. The summed E-state index contributed by atoms with van der Waals surface area (Å²) in [6, 6.07) is 8.16. The van der Waals surface area contributed by atoms with Gasteiger partial charge in [-0.25, -0.2) is 4.39 Å². The molecule has 0 saturated heterocycles. The Bertz CT molecular complexity index is 473. The first-order chi connectivity index (χ1) is 10.6. The molecule has 1 nitrogen and oxygen atoms in total. The topological polar surface area (TPSA) is 9.23 Å². The summed E-state index contributed by atoms with van der Waals surface area (Å²) in [5.74, 6) is -0.387. The van der Waals surface area contributed by atoms with Gasteiger partial charge in [0.1, 0.15) is 5.83 Å². The molecule has 22 heavy (non-hydrogen) atoms. The van der Waals surface area contributed by atoms with Crippen LogP contribution in [0, 0.1) is 0 Å². The van der Waals surface area contributed by atoms with Crippen molar-refractivity contribution in [1.82, 2.24) is 0 Å². The highest BCUT2D eigenvalue weighted by atomic mass is 19.1. The minimum absolute atomic E-state index is 0.0904. The summed E-state index contributed by atoms with van der Waals surface area (Å²) in [5, 5.41) is 0. The lowest BCUT2D eigenvalue weighted by Gasteiger charge is -2.11. The van der Waals surface area contributed by atoms with E-state index >= 15 is 0 Å². The second-order valence-corrected chi connectivity index (χ2v) is 5.68. The average molecular weight is 304 g/mol. The molecule has 0 bridgehead atoms. The van der Waals surface area contributed by atoms with Crippen molar-refractivity contribution in [1.29, 1.82) is 0 Å². The first-order valence-electron chi connectivity index (χ1n) is 8.34. The van der Waals surface area contributed by atoms with Gasteiger partial charge in [-0.1, -0.05) is 56.7 Å². The van der Waals surface area contributed by atoms with Gasteiger partial charge in [0.2, 0.25) is 0 Å². The summed E-state index contributed by atoms with van der Waals surface area (Å²) in [6.07, 6.45) is 7.44. The highest BCUT2D eigenvalue weighted by Crippen LogP contribution is 2.25.